The number of H-pyrrole nitrogens is 1. The molecule has 3 rings (SSSR count). The molecule has 2 heterocycles. The summed E-state index contributed by atoms with van der Waals surface area (Å²) in [6.45, 7) is 0.348. The van der Waals surface area contributed by atoms with E-state index >= 15 is 0 Å². The minimum absolute atomic E-state index is 0.460. The average Bonchev–Trinajstić information content (AvgIpc) is 3.02. The number of benzene rings is 1. The summed E-state index contributed by atoms with van der Waals surface area (Å²) >= 11 is 0. The molecule has 1 aromatic carbocycles. The van der Waals surface area contributed by atoms with E-state index in [-0.39, 0.29) is 0 Å². The van der Waals surface area contributed by atoms with Crippen molar-refractivity contribution < 1.29 is 29.9 Å². The predicted octanol–water partition coefficient (Wildman–Crippen LogP) is -0.891. The van der Waals surface area contributed by atoms with Crippen molar-refractivity contribution in [2.45, 2.75) is 37.1 Å². The Morgan fingerprint density at radius 2 is 2.00 bits per heavy atom. The SMILES string of the molecule is CNCCc1c[nH]c2ccc(OC3O[C@H](CO)[C@@H](O)[C@H](O)[C@H]3O)cc12. The molecule has 6 N–H and O–H groups in total. The molecule has 1 saturated heterocycles. The molecular weight excluding hydrogens is 328 g/mol. The Hall–Kier alpha value is -1.68. The van der Waals surface area contributed by atoms with Crippen molar-refractivity contribution in [3.63, 3.8) is 0 Å². The number of fused-ring (bicyclic) bond motifs is 1. The van der Waals surface area contributed by atoms with Crippen LogP contribution in [0.5, 0.6) is 5.75 Å². The van der Waals surface area contributed by atoms with Crippen LogP contribution < -0.4 is 10.1 Å². The van der Waals surface area contributed by atoms with Gasteiger partial charge < -0.3 is 40.2 Å². The van der Waals surface area contributed by atoms with Crippen molar-refractivity contribution in [2.24, 2.45) is 0 Å². The molecule has 2 aromatic rings. The number of aromatic amines is 1. The Morgan fingerprint density at radius 3 is 2.72 bits per heavy atom. The van der Waals surface area contributed by atoms with Gasteiger partial charge in [0.05, 0.1) is 6.61 Å². The van der Waals surface area contributed by atoms with Crippen molar-refractivity contribution >= 4 is 10.9 Å². The third-order valence-corrected chi connectivity index (χ3v) is 4.48. The normalized spacial score (nSPS) is 29.9. The molecule has 8 nitrogen and oxygen atoms in total. The molecular formula is C17H24N2O6. The van der Waals surface area contributed by atoms with E-state index in [9.17, 15) is 20.4 Å². The van der Waals surface area contributed by atoms with Gasteiger partial charge in [0.2, 0.25) is 6.29 Å². The van der Waals surface area contributed by atoms with Crippen LogP contribution in [-0.4, -0.2) is 76.3 Å². The number of nitrogens with one attached hydrogen (secondary N) is 2. The lowest BCUT2D eigenvalue weighted by atomic mass is 9.99. The summed E-state index contributed by atoms with van der Waals surface area (Å²) in [5.41, 5.74) is 2.09. The minimum Gasteiger partial charge on any atom is -0.462 e. The van der Waals surface area contributed by atoms with E-state index in [2.05, 4.69) is 10.3 Å². The van der Waals surface area contributed by atoms with Crippen molar-refractivity contribution in [1.29, 1.82) is 0 Å². The number of ether oxygens (including phenoxy) is 2. The van der Waals surface area contributed by atoms with Crippen molar-refractivity contribution in [3.8, 4) is 5.75 Å². The van der Waals surface area contributed by atoms with E-state index in [1.165, 1.54) is 0 Å². The lowest BCUT2D eigenvalue weighted by molar-refractivity contribution is -0.277. The Bertz CT molecular complexity index is 704. The number of hydrogen-bond donors (Lipinski definition) is 6. The highest BCUT2D eigenvalue weighted by Crippen LogP contribution is 2.28. The summed E-state index contributed by atoms with van der Waals surface area (Å²) in [7, 11) is 1.89. The zero-order valence-corrected chi connectivity index (χ0v) is 13.9. The molecule has 1 aliphatic heterocycles. The molecule has 1 fully saturated rings. The molecule has 5 atom stereocenters. The van der Waals surface area contributed by atoms with Crippen LogP contribution in [0.15, 0.2) is 24.4 Å². The zero-order chi connectivity index (χ0) is 18.0. The molecule has 0 saturated carbocycles. The first-order chi connectivity index (χ1) is 12.0. The van der Waals surface area contributed by atoms with Gasteiger partial charge in [-0.3, -0.25) is 0 Å². The zero-order valence-electron chi connectivity index (χ0n) is 13.9. The first-order valence-electron chi connectivity index (χ1n) is 8.27. The number of likely N-dealkylation sites (N-methyl/N-ethyl adjacent to an activating group) is 1. The number of aliphatic hydroxyl groups excluding tert-OH is 4. The molecule has 0 radical (unpaired) electrons. The Kier molecular flexibility index (Phi) is 5.57. The van der Waals surface area contributed by atoms with Crippen molar-refractivity contribution in [1.82, 2.24) is 10.3 Å². The Balaban J connectivity index is 1.79. The summed E-state index contributed by atoms with van der Waals surface area (Å²) in [5, 5.41) is 43.1. The van der Waals surface area contributed by atoms with Crippen molar-refractivity contribution in [2.75, 3.05) is 20.2 Å². The lowest BCUT2D eigenvalue weighted by Gasteiger charge is -2.39. The maximum absolute atomic E-state index is 10.1. The summed E-state index contributed by atoms with van der Waals surface area (Å²) in [4.78, 5) is 3.20. The third kappa shape index (κ3) is 3.64. The van der Waals surface area contributed by atoms with Crippen LogP contribution in [0.4, 0.5) is 0 Å². The van der Waals surface area contributed by atoms with Gasteiger partial charge in [0.25, 0.3) is 0 Å². The van der Waals surface area contributed by atoms with Crippen LogP contribution in [0.1, 0.15) is 5.56 Å². The monoisotopic (exact) mass is 352 g/mol. The molecule has 25 heavy (non-hydrogen) atoms. The fraction of sp³-hybridized carbons (Fsp3) is 0.529. The van der Waals surface area contributed by atoms with Crippen LogP contribution in [-0.2, 0) is 11.2 Å². The summed E-state index contributed by atoms with van der Waals surface area (Å²) in [6, 6.07) is 5.41. The second kappa shape index (κ2) is 7.69. The molecule has 0 aliphatic carbocycles. The van der Waals surface area contributed by atoms with Gasteiger partial charge >= 0.3 is 0 Å². The first-order valence-corrected chi connectivity index (χ1v) is 8.27. The highest BCUT2D eigenvalue weighted by molar-refractivity contribution is 5.84. The third-order valence-electron chi connectivity index (χ3n) is 4.48. The fourth-order valence-corrected chi connectivity index (χ4v) is 3.00. The quantitative estimate of drug-likeness (QED) is 0.398. The second-order valence-electron chi connectivity index (χ2n) is 6.19. The van der Waals surface area contributed by atoms with Crippen LogP contribution >= 0.6 is 0 Å². The number of hydrogen-bond acceptors (Lipinski definition) is 7. The van der Waals surface area contributed by atoms with E-state index in [4.69, 9.17) is 9.47 Å². The van der Waals surface area contributed by atoms with Gasteiger partial charge in [-0.2, -0.15) is 0 Å². The van der Waals surface area contributed by atoms with Crippen LogP contribution in [0.2, 0.25) is 0 Å². The topological polar surface area (TPSA) is 127 Å². The molecule has 1 unspecified atom stereocenters. The van der Waals surface area contributed by atoms with E-state index in [0.717, 1.165) is 29.4 Å². The van der Waals surface area contributed by atoms with Crippen LogP contribution in [0.25, 0.3) is 10.9 Å². The Morgan fingerprint density at radius 1 is 1.20 bits per heavy atom. The van der Waals surface area contributed by atoms with Crippen LogP contribution in [0, 0.1) is 0 Å². The Labute approximate surface area is 145 Å². The average molecular weight is 352 g/mol. The lowest BCUT2D eigenvalue weighted by Crippen LogP contribution is -2.60. The maximum atomic E-state index is 10.1. The van der Waals surface area contributed by atoms with Crippen molar-refractivity contribution in [3.05, 3.63) is 30.0 Å². The predicted molar refractivity (Wildman–Crippen MR) is 90.3 cm³/mol. The second-order valence-corrected chi connectivity index (χ2v) is 6.19. The molecule has 1 aromatic heterocycles. The standard InChI is InChI=1S/C17H24N2O6/c1-18-5-4-9-7-19-12-3-2-10(6-11(9)12)24-17-16(23)15(22)14(21)13(8-20)25-17/h2-3,6-7,13-23H,4-5,8H2,1H3/t13-,14-,15+,16-,17?/m1/s1. The summed E-state index contributed by atoms with van der Waals surface area (Å²) in [6.07, 6.45) is -3.68. The fourth-order valence-electron chi connectivity index (χ4n) is 3.00. The first kappa shape index (κ1) is 18.1. The summed E-state index contributed by atoms with van der Waals surface area (Å²) in [5.74, 6) is 0.460. The highest BCUT2D eigenvalue weighted by Gasteiger charge is 2.44. The highest BCUT2D eigenvalue weighted by atomic mass is 16.7. The number of aromatic nitrogens is 1. The molecule has 8 heteroatoms. The van der Waals surface area contributed by atoms with Gasteiger partial charge in [0.15, 0.2) is 0 Å². The van der Waals surface area contributed by atoms with Gasteiger partial charge in [-0.25, -0.2) is 0 Å². The van der Waals surface area contributed by atoms with Gasteiger partial charge in [-0.15, -0.1) is 0 Å². The molecule has 1 aliphatic rings. The molecule has 138 valence electrons. The van der Waals surface area contributed by atoms with Crippen LogP contribution in [0.3, 0.4) is 0 Å². The number of rotatable bonds is 6. The molecule has 0 bridgehead atoms. The number of aliphatic hydroxyl groups is 4. The largest absolute Gasteiger partial charge is 0.462 e. The summed E-state index contributed by atoms with van der Waals surface area (Å²) < 4.78 is 11.0. The smallest absolute Gasteiger partial charge is 0.229 e. The van der Waals surface area contributed by atoms with Gasteiger partial charge in [0.1, 0.15) is 30.2 Å². The van der Waals surface area contributed by atoms with E-state index in [1.54, 1.807) is 6.07 Å². The van der Waals surface area contributed by atoms with Gasteiger partial charge in [-0.05, 0) is 43.8 Å². The van der Waals surface area contributed by atoms with E-state index in [1.807, 2.05) is 25.4 Å². The van der Waals surface area contributed by atoms with Gasteiger partial charge in [0, 0.05) is 17.1 Å². The van der Waals surface area contributed by atoms with E-state index < -0.39 is 37.3 Å². The molecule has 0 spiro atoms. The minimum atomic E-state index is -1.46. The molecule has 0 amide bonds. The van der Waals surface area contributed by atoms with E-state index in [0.29, 0.717) is 5.75 Å². The van der Waals surface area contributed by atoms with Gasteiger partial charge in [-0.1, -0.05) is 0 Å². The maximum Gasteiger partial charge on any atom is 0.229 e.